The van der Waals surface area contributed by atoms with E-state index < -0.39 is 23.3 Å². The highest BCUT2D eigenvalue weighted by molar-refractivity contribution is 7.97. The molecular formula is C17H15F4NS. The van der Waals surface area contributed by atoms with Crippen molar-refractivity contribution in [3.63, 3.8) is 0 Å². The average molecular weight is 341 g/mol. The van der Waals surface area contributed by atoms with Gasteiger partial charge in [0.15, 0.2) is 23.3 Å². The zero-order chi connectivity index (χ0) is 17.1. The van der Waals surface area contributed by atoms with Crippen molar-refractivity contribution in [1.29, 1.82) is 0 Å². The van der Waals surface area contributed by atoms with Gasteiger partial charge >= 0.3 is 0 Å². The highest BCUT2D eigenvalue weighted by Crippen LogP contribution is 2.37. The van der Waals surface area contributed by atoms with E-state index in [0.29, 0.717) is 0 Å². The fourth-order valence-electron chi connectivity index (χ4n) is 2.13. The molecule has 0 bridgehead atoms. The summed E-state index contributed by atoms with van der Waals surface area (Å²) in [6.07, 6.45) is 0.198. The molecule has 0 atom stereocenters. The van der Waals surface area contributed by atoms with E-state index in [1.165, 1.54) is 4.31 Å². The first kappa shape index (κ1) is 17.6. The minimum Gasteiger partial charge on any atom is -0.252 e. The van der Waals surface area contributed by atoms with Crippen LogP contribution in [0.4, 0.5) is 17.6 Å². The zero-order valence-corrected chi connectivity index (χ0v) is 13.5. The molecule has 0 aliphatic heterocycles. The molecule has 0 amide bonds. The van der Waals surface area contributed by atoms with E-state index in [9.17, 15) is 17.6 Å². The summed E-state index contributed by atoms with van der Waals surface area (Å²) < 4.78 is 56.9. The Balaban J connectivity index is 2.53. The summed E-state index contributed by atoms with van der Waals surface area (Å²) in [6.45, 7) is 3.73. The zero-order valence-electron chi connectivity index (χ0n) is 12.7. The van der Waals surface area contributed by atoms with E-state index >= 15 is 0 Å². The lowest BCUT2D eigenvalue weighted by molar-refractivity contribution is 0.396. The molecule has 2 rings (SSSR count). The molecule has 0 heterocycles. The van der Waals surface area contributed by atoms with E-state index in [4.69, 9.17) is 0 Å². The van der Waals surface area contributed by atoms with Gasteiger partial charge in [0.1, 0.15) is 0 Å². The van der Waals surface area contributed by atoms with Gasteiger partial charge in [0, 0.05) is 5.56 Å². The molecule has 0 aliphatic carbocycles. The molecule has 6 heteroatoms. The Morgan fingerprint density at radius 1 is 0.957 bits per heavy atom. The van der Waals surface area contributed by atoms with Gasteiger partial charge in [-0.25, -0.2) is 17.6 Å². The first-order valence-electron chi connectivity index (χ1n) is 6.76. The van der Waals surface area contributed by atoms with Crippen molar-refractivity contribution in [2.24, 2.45) is 0 Å². The predicted molar refractivity (Wildman–Crippen MR) is 85.0 cm³/mol. The molecule has 2 aromatic carbocycles. The van der Waals surface area contributed by atoms with Crippen LogP contribution in [0.25, 0.3) is 5.57 Å². The van der Waals surface area contributed by atoms with Crippen molar-refractivity contribution < 1.29 is 17.6 Å². The number of hydrogen-bond acceptors (Lipinski definition) is 2. The molecule has 0 fully saturated rings. The number of benzene rings is 2. The van der Waals surface area contributed by atoms with E-state index in [-0.39, 0.29) is 22.5 Å². The SMILES string of the molecule is C=C(Cc1ccccc1)c1c(F)c(F)c(F)c(F)c1SN(C)C. The van der Waals surface area contributed by atoms with Gasteiger partial charge in [0.25, 0.3) is 0 Å². The lowest BCUT2D eigenvalue weighted by atomic mass is 9.98. The second-order valence-electron chi connectivity index (χ2n) is 5.13. The molecule has 0 aromatic heterocycles. The smallest absolute Gasteiger partial charge is 0.198 e. The van der Waals surface area contributed by atoms with Crippen LogP contribution in [-0.4, -0.2) is 18.4 Å². The van der Waals surface area contributed by atoms with Crippen LogP contribution in [0, 0.1) is 23.3 Å². The van der Waals surface area contributed by atoms with E-state index in [1.807, 2.05) is 6.07 Å². The third-order valence-electron chi connectivity index (χ3n) is 3.11. The van der Waals surface area contributed by atoms with Crippen LogP contribution in [0.2, 0.25) is 0 Å². The number of halogens is 4. The van der Waals surface area contributed by atoms with Crippen LogP contribution >= 0.6 is 11.9 Å². The molecular weight excluding hydrogens is 326 g/mol. The summed E-state index contributed by atoms with van der Waals surface area (Å²) in [5.74, 6) is -6.47. The fraction of sp³-hybridized carbons (Fsp3) is 0.176. The molecule has 122 valence electrons. The van der Waals surface area contributed by atoms with Crippen LogP contribution < -0.4 is 0 Å². The molecule has 0 saturated heterocycles. The van der Waals surface area contributed by atoms with Crippen molar-refractivity contribution in [2.45, 2.75) is 11.3 Å². The number of rotatable bonds is 5. The molecule has 2 aromatic rings. The maximum atomic E-state index is 14.2. The minimum atomic E-state index is -1.82. The van der Waals surface area contributed by atoms with Gasteiger partial charge in [-0.15, -0.1) is 0 Å². The van der Waals surface area contributed by atoms with Crippen molar-refractivity contribution in [3.05, 3.63) is 71.3 Å². The Bertz CT molecular complexity index is 729. The van der Waals surface area contributed by atoms with Crippen LogP contribution in [-0.2, 0) is 6.42 Å². The third-order valence-corrected chi connectivity index (χ3v) is 4.04. The molecule has 23 heavy (non-hydrogen) atoms. The molecule has 1 nitrogen and oxygen atoms in total. The third kappa shape index (κ3) is 3.76. The topological polar surface area (TPSA) is 3.24 Å². The largest absolute Gasteiger partial charge is 0.252 e. The Labute approximate surface area is 136 Å². The van der Waals surface area contributed by atoms with Crippen molar-refractivity contribution in [2.75, 3.05) is 14.1 Å². The van der Waals surface area contributed by atoms with Crippen LogP contribution in [0.5, 0.6) is 0 Å². The van der Waals surface area contributed by atoms with E-state index in [2.05, 4.69) is 6.58 Å². The standard InChI is InChI=1S/C17H15F4NS/c1-10(9-11-7-5-4-6-8-11)12-13(18)14(19)15(20)16(21)17(12)23-22(2)3/h4-8H,1,9H2,2-3H3. The molecule has 0 aliphatic rings. The highest BCUT2D eigenvalue weighted by Gasteiger charge is 2.27. The van der Waals surface area contributed by atoms with Gasteiger partial charge < -0.3 is 0 Å². The Hall–Kier alpha value is -1.79. The van der Waals surface area contributed by atoms with Gasteiger partial charge in [0.2, 0.25) is 0 Å². The molecule has 0 unspecified atom stereocenters. The van der Waals surface area contributed by atoms with Gasteiger partial charge in [0.05, 0.1) is 4.90 Å². The first-order chi connectivity index (χ1) is 10.8. The molecule has 0 spiro atoms. The summed E-state index contributed by atoms with van der Waals surface area (Å²) in [4.78, 5) is -0.313. The predicted octanol–water partition coefficient (Wildman–Crippen LogP) is 5.07. The fourth-order valence-corrected chi connectivity index (χ4v) is 2.99. The molecule has 0 radical (unpaired) electrons. The second kappa shape index (κ2) is 7.19. The number of allylic oxidation sites excluding steroid dienone is 1. The summed E-state index contributed by atoms with van der Waals surface area (Å²) in [5, 5.41) is 0. The van der Waals surface area contributed by atoms with Gasteiger partial charge in [-0.2, -0.15) is 0 Å². The number of nitrogens with zero attached hydrogens (tertiary/aromatic N) is 1. The highest BCUT2D eigenvalue weighted by atomic mass is 32.2. The first-order valence-corrected chi connectivity index (χ1v) is 7.53. The summed E-state index contributed by atoms with van der Waals surface area (Å²) in [5.41, 5.74) is 0.655. The lowest BCUT2D eigenvalue weighted by Gasteiger charge is -2.17. The Kier molecular flexibility index (Phi) is 5.49. The van der Waals surface area contributed by atoms with Crippen LogP contribution in [0.3, 0.4) is 0 Å². The maximum Gasteiger partial charge on any atom is 0.198 e. The van der Waals surface area contributed by atoms with Crippen LogP contribution in [0.15, 0.2) is 41.8 Å². The van der Waals surface area contributed by atoms with Crippen LogP contribution in [0.1, 0.15) is 11.1 Å². The quantitative estimate of drug-likeness (QED) is 0.323. The summed E-state index contributed by atoms with van der Waals surface area (Å²) in [7, 11) is 3.18. The lowest BCUT2D eigenvalue weighted by Crippen LogP contribution is -2.09. The molecule has 0 N–H and O–H groups in total. The number of hydrogen-bond donors (Lipinski definition) is 0. The van der Waals surface area contributed by atoms with Crippen molar-refractivity contribution in [3.8, 4) is 0 Å². The average Bonchev–Trinajstić information content (AvgIpc) is 2.51. The monoisotopic (exact) mass is 341 g/mol. The Morgan fingerprint density at radius 3 is 2.09 bits per heavy atom. The van der Waals surface area contributed by atoms with Crippen molar-refractivity contribution in [1.82, 2.24) is 4.31 Å². The second-order valence-corrected chi connectivity index (χ2v) is 6.45. The minimum absolute atomic E-state index is 0.177. The van der Waals surface area contributed by atoms with E-state index in [1.54, 1.807) is 38.4 Å². The normalized spacial score (nSPS) is 11.1. The Morgan fingerprint density at radius 2 is 1.52 bits per heavy atom. The van der Waals surface area contributed by atoms with Gasteiger partial charge in [-0.05, 0) is 43.6 Å². The summed E-state index contributed by atoms with van der Waals surface area (Å²) >= 11 is 0.778. The van der Waals surface area contributed by atoms with Crippen molar-refractivity contribution >= 4 is 17.5 Å². The summed E-state index contributed by atoms with van der Waals surface area (Å²) in [6, 6.07) is 8.98. The van der Waals surface area contributed by atoms with E-state index in [0.717, 1.165) is 17.5 Å². The van der Waals surface area contributed by atoms with Gasteiger partial charge in [-0.3, -0.25) is 4.31 Å². The maximum absolute atomic E-state index is 14.2. The van der Waals surface area contributed by atoms with Gasteiger partial charge in [-0.1, -0.05) is 36.9 Å². The molecule has 0 saturated carbocycles.